The largest absolute Gasteiger partial charge is 0.491 e. The Morgan fingerprint density at radius 2 is 1.87 bits per heavy atom. The number of aromatic hydroxyl groups is 1. The molecule has 0 unspecified atom stereocenters. The van der Waals surface area contributed by atoms with Crippen LogP contribution in [0.5, 0.6) is 5.88 Å². The minimum atomic E-state index is -1.73. The molecule has 0 saturated heterocycles. The van der Waals surface area contributed by atoms with Crippen molar-refractivity contribution >= 4 is 23.5 Å². The average Bonchev–Trinajstić information content (AvgIpc) is 3.15. The summed E-state index contributed by atoms with van der Waals surface area (Å²) in [5.41, 5.74) is 4.94. The molecular weight excluding hydrogens is 414 g/mol. The quantitative estimate of drug-likeness (QED) is 0.399. The Hall–Kier alpha value is -3.40. The Morgan fingerprint density at radius 1 is 1.17 bits per heavy atom. The maximum absolute atomic E-state index is 12.2. The number of rotatable bonds is 8. The van der Waals surface area contributed by atoms with Gasteiger partial charge in [0.1, 0.15) is 0 Å². The van der Waals surface area contributed by atoms with Gasteiger partial charge < -0.3 is 19.8 Å². The van der Waals surface area contributed by atoms with Gasteiger partial charge in [-0.25, -0.2) is 9.80 Å². The third-order valence-electron chi connectivity index (χ3n) is 4.17. The van der Waals surface area contributed by atoms with E-state index in [0.717, 1.165) is 22.8 Å². The maximum Gasteiger partial charge on any atom is 0.333 e. The number of nitrogens with zero attached hydrogens (tertiary/aromatic N) is 2. The molecule has 0 aliphatic rings. The Balaban J connectivity index is 1.75. The van der Waals surface area contributed by atoms with Crippen LogP contribution >= 0.6 is 11.6 Å². The number of benzene rings is 2. The maximum atomic E-state index is 12.2. The molecule has 10 heteroatoms. The molecule has 0 saturated carbocycles. The summed E-state index contributed by atoms with van der Waals surface area (Å²) in [4.78, 5) is 23.3. The summed E-state index contributed by atoms with van der Waals surface area (Å²) < 4.78 is 4.68. The van der Waals surface area contributed by atoms with Gasteiger partial charge in [0.25, 0.3) is 5.88 Å². The number of aliphatic hydroxyl groups is 1. The van der Waals surface area contributed by atoms with Crippen molar-refractivity contribution in [3.05, 3.63) is 70.9 Å². The topological polar surface area (TPSA) is 136 Å². The number of hydrogen-bond donors (Lipinski definition) is 4. The lowest BCUT2D eigenvalue weighted by Gasteiger charge is -2.24. The van der Waals surface area contributed by atoms with Gasteiger partial charge in [0.2, 0.25) is 5.76 Å². The summed E-state index contributed by atoms with van der Waals surface area (Å²) >= 11 is 6.22. The van der Waals surface area contributed by atoms with Gasteiger partial charge in [-0.3, -0.25) is 10.2 Å². The Bertz CT molecular complexity index is 1040. The van der Waals surface area contributed by atoms with Crippen LogP contribution in [0.1, 0.15) is 16.1 Å². The first-order chi connectivity index (χ1) is 14.3. The molecular formula is C20H18ClN3O6. The summed E-state index contributed by atoms with van der Waals surface area (Å²) in [5, 5.41) is 32.9. The molecule has 4 N–H and O–H groups in total. The highest BCUT2D eigenvalue weighted by Gasteiger charge is 2.22. The lowest BCUT2D eigenvalue weighted by atomic mass is 10.0. The Morgan fingerprint density at radius 3 is 2.47 bits per heavy atom. The molecule has 1 amide bonds. The van der Waals surface area contributed by atoms with Crippen molar-refractivity contribution in [3.8, 4) is 17.0 Å². The summed E-state index contributed by atoms with van der Waals surface area (Å²) in [6.45, 7) is -0.285. The van der Waals surface area contributed by atoms with Crippen LogP contribution in [0, 0.1) is 0 Å². The fraction of sp³-hybridized carbons (Fsp3) is 0.150. The zero-order valence-corrected chi connectivity index (χ0v) is 16.3. The van der Waals surface area contributed by atoms with Gasteiger partial charge in [0.15, 0.2) is 6.10 Å². The van der Waals surface area contributed by atoms with E-state index in [0.29, 0.717) is 5.02 Å². The van der Waals surface area contributed by atoms with Crippen LogP contribution < -0.4 is 5.43 Å². The minimum absolute atomic E-state index is 0.0962. The van der Waals surface area contributed by atoms with Crippen LogP contribution in [0.25, 0.3) is 11.1 Å². The monoisotopic (exact) mass is 431 g/mol. The first-order valence-corrected chi connectivity index (χ1v) is 9.17. The van der Waals surface area contributed by atoms with E-state index in [4.69, 9.17) is 16.7 Å². The van der Waals surface area contributed by atoms with Crippen LogP contribution in [0.15, 0.2) is 59.1 Å². The number of nitrogens with one attached hydrogen (secondary N) is 1. The molecule has 0 spiro atoms. The van der Waals surface area contributed by atoms with Gasteiger partial charge >= 0.3 is 11.9 Å². The number of aliphatic carboxylic acids is 1. The highest BCUT2D eigenvalue weighted by Crippen LogP contribution is 2.27. The zero-order chi connectivity index (χ0) is 21.7. The van der Waals surface area contributed by atoms with Crippen LogP contribution in [0.4, 0.5) is 0 Å². The average molecular weight is 432 g/mol. The van der Waals surface area contributed by atoms with Gasteiger partial charge in [-0.15, -0.1) is 0 Å². The highest BCUT2D eigenvalue weighted by molar-refractivity contribution is 6.33. The second-order valence-corrected chi connectivity index (χ2v) is 6.81. The van der Waals surface area contributed by atoms with Gasteiger partial charge in [0, 0.05) is 17.1 Å². The van der Waals surface area contributed by atoms with E-state index in [2.05, 4.69) is 15.1 Å². The second-order valence-electron chi connectivity index (χ2n) is 6.40. The molecule has 3 rings (SSSR count). The van der Waals surface area contributed by atoms with E-state index in [1.54, 1.807) is 18.2 Å². The third kappa shape index (κ3) is 5.35. The number of carbonyl (C=O) groups excluding carboxylic acids is 1. The molecule has 156 valence electrons. The van der Waals surface area contributed by atoms with Crippen molar-refractivity contribution in [2.75, 3.05) is 6.54 Å². The minimum Gasteiger partial charge on any atom is -0.491 e. The number of amides is 1. The zero-order valence-electron chi connectivity index (χ0n) is 15.5. The summed E-state index contributed by atoms with van der Waals surface area (Å²) in [7, 11) is 0. The van der Waals surface area contributed by atoms with Crippen molar-refractivity contribution in [2.24, 2.45) is 0 Å². The second kappa shape index (κ2) is 9.40. The van der Waals surface area contributed by atoms with Crippen LogP contribution in [-0.2, 0) is 11.3 Å². The van der Waals surface area contributed by atoms with E-state index < -0.39 is 23.9 Å². The standard InChI is InChI=1S/C20H18ClN3O6/c21-15-4-2-1-3-14(15)13-7-5-12(6-8-13)10-24(11-16(25)20(28)29)22-19(27)17-9-18(26)23-30-17/h1-9,16,25H,10-11H2,(H,22,27)(H,23,26)(H,28,29)/t16-/m1/s1. The van der Waals surface area contributed by atoms with Crippen molar-refractivity contribution in [1.82, 2.24) is 15.6 Å². The SMILES string of the molecule is O=C(NN(Cc1ccc(-c2ccccc2Cl)cc1)C[C@@H](O)C(=O)O)c1cc(O)no1. The molecule has 2 aromatic carbocycles. The Kier molecular flexibility index (Phi) is 6.68. The molecule has 1 atom stereocenters. The number of aromatic nitrogens is 1. The van der Waals surface area contributed by atoms with E-state index >= 15 is 0 Å². The molecule has 1 aromatic heterocycles. The predicted molar refractivity (Wildman–Crippen MR) is 107 cm³/mol. The van der Waals surface area contributed by atoms with E-state index in [1.807, 2.05) is 30.3 Å². The number of carboxylic acid groups (broad SMARTS) is 1. The molecule has 0 aliphatic carbocycles. The van der Waals surface area contributed by atoms with Gasteiger partial charge in [0.05, 0.1) is 12.6 Å². The first-order valence-electron chi connectivity index (χ1n) is 8.80. The van der Waals surface area contributed by atoms with Crippen molar-refractivity contribution in [1.29, 1.82) is 0 Å². The number of carboxylic acids is 1. The molecule has 0 fully saturated rings. The number of aliphatic hydroxyl groups excluding tert-OH is 1. The summed E-state index contributed by atoms with van der Waals surface area (Å²) in [6.07, 6.45) is -1.73. The molecule has 0 bridgehead atoms. The molecule has 1 heterocycles. The number of halogens is 1. The lowest BCUT2D eigenvalue weighted by molar-refractivity contribution is -0.148. The summed E-state index contributed by atoms with van der Waals surface area (Å²) in [6, 6.07) is 15.7. The smallest absolute Gasteiger partial charge is 0.333 e. The fourth-order valence-electron chi connectivity index (χ4n) is 2.71. The van der Waals surface area contributed by atoms with Gasteiger partial charge in [-0.1, -0.05) is 54.1 Å². The molecule has 3 aromatic rings. The summed E-state index contributed by atoms with van der Waals surface area (Å²) in [5.74, 6) is -2.92. The highest BCUT2D eigenvalue weighted by atomic mass is 35.5. The van der Waals surface area contributed by atoms with E-state index in [1.165, 1.54) is 5.01 Å². The van der Waals surface area contributed by atoms with Crippen LogP contribution in [0.3, 0.4) is 0 Å². The molecule has 0 aliphatic heterocycles. The first kappa shape index (κ1) is 21.3. The van der Waals surface area contributed by atoms with Gasteiger partial charge in [-0.05, 0) is 22.3 Å². The lowest BCUT2D eigenvalue weighted by Crippen LogP contribution is -2.47. The Labute approximate surface area is 176 Å². The normalized spacial score (nSPS) is 12.0. The van der Waals surface area contributed by atoms with Crippen molar-refractivity contribution in [2.45, 2.75) is 12.6 Å². The van der Waals surface area contributed by atoms with Crippen molar-refractivity contribution in [3.63, 3.8) is 0 Å². The number of hydrogen-bond acceptors (Lipinski definition) is 7. The van der Waals surface area contributed by atoms with Crippen LogP contribution in [0.2, 0.25) is 5.02 Å². The van der Waals surface area contributed by atoms with E-state index in [-0.39, 0.29) is 18.8 Å². The predicted octanol–water partition coefficient (Wildman–Crippen LogP) is 2.29. The van der Waals surface area contributed by atoms with Gasteiger partial charge in [-0.2, -0.15) is 0 Å². The molecule has 9 nitrogen and oxygen atoms in total. The van der Waals surface area contributed by atoms with Crippen LogP contribution in [-0.4, -0.2) is 50.0 Å². The number of carbonyl (C=O) groups is 2. The fourth-order valence-corrected chi connectivity index (χ4v) is 2.96. The molecule has 30 heavy (non-hydrogen) atoms. The van der Waals surface area contributed by atoms with Crippen molar-refractivity contribution < 1.29 is 29.4 Å². The van der Waals surface area contributed by atoms with E-state index in [9.17, 15) is 19.8 Å². The third-order valence-corrected chi connectivity index (χ3v) is 4.50. The molecule has 0 radical (unpaired) electrons. The number of hydrazine groups is 1.